The second-order valence-corrected chi connectivity index (χ2v) is 8.05. The molecule has 0 atom stereocenters. The molecule has 0 bridgehead atoms. The highest BCUT2D eigenvalue weighted by Gasteiger charge is 2.16. The van der Waals surface area contributed by atoms with Gasteiger partial charge in [-0.2, -0.15) is 4.52 Å². The first kappa shape index (κ1) is 20.7. The molecule has 0 radical (unpaired) electrons. The van der Waals surface area contributed by atoms with Crippen molar-refractivity contribution in [2.24, 2.45) is 0 Å². The second kappa shape index (κ2) is 8.69. The van der Waals surface area contributed by atoms with Crippen LogP contribution in [-0.4, -0.2) is 34.6 Å². The number of hydrogen-bond donors (Lipinski definition) is 0. The van der Waals surface area contributed by atoms with Gasteiger partial charge in [0, 0.05) is 12.8 Å². The predicted molar refractivity (Wildman–Crippen MR) is 119 cm³/mol. The van der Waals surface area contributed by atoms with Crippen LogP contribution in [0.1, 0.15) is 33.7 Å². The molecule has 31 heavy (non-hydrogen) atoms. The smallest absolute Gasteiger partial charge is 0.291 e. The van der Waals surface area contributed by atoms with Crippen molar-refractivity contribution in [3.8, 4) is 11.5 Å². The largest absolute Gasteiger partial charge is 0.497 e. The average molecular weight is 436 g/mol. The summed E-state index contributed by atoms with van der Waals surface area (Å²) in [5.74, 6) is 1.42. The number of thiazole rings is 1. The minimum absolute atomic E-state index is 0.107. The summed E-state index contributed by atoms with van der Waals surface area (Å²) < 4.78 is 12.4. The number of aromatic nitrogens is 3. The van der Waals surface area contributed by atoms with Crippen LogP contribution in [0.4, 0.5) is 0 Å². The zero-order chi connectivity index (χ0) is 22.0. The number of aryl methyl sites for hydroxylation is 2. The molecule has 0 unspecified atom stereocenters. The molecule has 8 heteroatoms. The molecule has 0 aliphatic rings. The van der Waals surface area contributed by atoms with Gasteiger partial charge in [0.05, 0.1) is 24.3 Å². The number of Topliss-reactive ketones (excluding diaryl/α,β-unsaturated/α-hetero) is 1. The van der Waals surface area contributed by atoms with Crippen LogP contribution < -0.4 is 19.6 Å². The minimum Gasteiger partial charge on any atom is -0.497 e. The van der Waals surface area contributed by atoms with Gasteiger partial charge >= 0.3 is 0 Å². The number of ether oxygens (including phenoxy) is 2. The molecule has 2 heterocycles. The monoisotopic (exact) mass is 435 g/mol. The Morgan fingerprint density at radius 1 is 1.13 bits per heavy atom. The van der Waals surface area contributed by atoms with Crippen molar-refractivity contribution < 1.29 is 14.3 Å². The maximum atomic E-state index is 12.7. The van der Waals surface area contributed by atoms with Crippen molar-refractivity contribution in [1.29, 1.82) is 0 Å². The van der Waals surface area contributed by atoms with E-state index in [-0.39, 0.29) is 17.8 Å². The van der Waals surface area contributed by atoms with E-state index in [2.05, 4.69) is 10.1 Å². The third-order valence-corrected chi connectivity index (χ3v) is 5.84. The summed E-state index contributed by atoms with van der Waals surface area (Å²) in [5, 5.41) is 4.31. The van der Waals surface area contributed by atoms with Crippen LogP contribution in [-0.2, 0) is 6.42 Å². The fourth-order valence-electron chi connectivity index (χ4n) is 3.19. The number of carbonyl (C=O) groups excluding carboxylic acids is 1. The van der Waals surface area contributed by atoms with Crippen molar-refractivity contribution in [2.45, 2.75) is 19.8 Å². The molecule has 0 aliphatic carbocycles. The van der Waals surface area contributed by atoms with E-state index in [0.717, 1.165) is 11.1 Å². The van der Waals surface area contributed by atoms with Gasteiger partial charge in [-0.3, -0.25) is 9.59 Å². The molecule has 2 aromatic carbocycles. The zero-order valence-electron chi connectivity index (χ0n) is 17.4. The molecule has 2 aromatic heterocycles. The predicted octanol–water partition coefficient (Wildman–Crippen LogP) is 2.84. The van der Waals surface area contributed by atoms with Crippen LogP contribution >= 0.6 is 11.3 Å². The highest BCUT2D eigenvalue weighted by molar-refractivity contribution is 7.15. The number of carbonyl (C=O) groups is 1. The number of ketones is 1. The summed E-state index contributed by atoms with van der Waals surface area (Å²) in [6.07, 6.45) is 2.35. The van der Waals surface area contributed by atoms with Gasteiger partial charge < -0.3 is 9.47 Å². The highest BCUT2D eigenvalue weighted by atomic mass is 32.1. The van der Waals surface area contributed by atoms with Crippen molar-refractivity contribution >= 4 is 28.2 Å². The summed E-state index contributed by atoms with van der Waals surface area (Å²) in [6, 6.07) is 13.0. The molecule has 0 spiro atoms. The molecule has 0 saturated heterocycles. The number of rotatable bonds is 7. The first-order chi connectivity index (χ1) is 15.0. The van der Waals surface area contributed by atoms with Crippen molar-refractivity contribution in [3.05, 3.63) is 79.9 Å². The van der Waals surface area contributed by atoms with Gasteiger partial charge in [0.1, 0.15) is 11.5 Å². The Labute approximate surface area is 182 Å². The Morgan fingerprint density at radius 2 is 1.90 bits per heavy atom. The van der Waals surface area contributed by atoms with Crippen LogP contribution in [0.5, 0.6) is 11.5 Å². The SMILES string of the molecule is COc1ccc(OC)c(C(=O)CCc2nc3s/c(=C\c4ccc(C)cc4)c(=O)n3n2)c1. The lowest BCUT2D eigenvalue weighted by Gasteiger charge is -2.09. The summed E-state index contributed by atoms with van der Waals surface area (Å²) in [7, 11) is 3.06. The zero-order valence-corrected chi connectivity index (χ0v) is 18.2. The van der Waals surface area contributed by atoms with Crippen LogP contribution in [0.25, 0.3) is 11.0 Å². The van der Waals surface area contributed by atoms with E-state index in [9.17, 15) is 9.59 Å². The van der Waals surface area contributed by atoms with Crippen molar-refractivity contribution in [2.75, 3.05) is 14.2 Å². The van der Waals surface area contributed by atoms with Gasteiger partial charge in [0.15, 0.2) is 11.6 Å². The van der Waals surface area contributed by atoms with Crippen LogP contribution in [0, 0.1) is 6.92 Å². The molecular formula is C23H21N3O4S. The Bertz CT molecular complexity index is 1360. The molecule has 0 saturated carbocycles. The quantitative estimate of drug-likeness (QED) is 0.415. The van der Waals surface area contributed by atoms with Gasteiger partial charge in [0.2, 0.25) is 4.96 Å². The average Bonchev–Trinajstić information content (AvgIpc) is 3.31. The standard InChI is InChI=1S/C23H21N3O4S/c1-14-4-6-15(7-5-14)12-20-22(28)26-23(31-20)24-21(25-26)11-9-18(27)17-13-16(29-2)8-10-19(17)30-3/h4-8,10,12-13H,9,11H2,1-3H3/b20-12-. The molecule has 4 aromatic rings. The Hall–Kier alpha value is -3.52. The number of fused-ring (bicyclic) bond motifs is 1. The Balaban J connectivity index is 1.53. The molecule has 158 valence electrons. The molecule has 7 nitrogen and oxygen atoms in total. The fraction of sp³-hybridized carbons (Fsp3) is 0.217. The summed E-state index contributed by atoms with van der Waals surface area (Å²) in [5.41, 5.74) is 2.35. The van der Waals surface area contributed by atoms with E-state index in [1.165, 1.54) is 23.0 Å². The molecule has 0 aliphatic heterocycles. The second-order valence-electron chi connectivity index (χ2n) is 7.04. The van der Waals surface area contributed by atoms with Crippen LogP contribution in [0.2, 0.25) is 0 Å². The third kappa shape index (κ3) is 4.34. The van der Waals surface area contributed by atoms with E-state index >= 15 is 0 Å². The minimum atomic E-state index is -0.208. The molecule has 4 rings (SSSR count). The lowest BCUT2D eigenvalue weighted by molar-refractivity contribution is 0.0979. The third-order valence-electron chi connectivity index (χ3n) is 4.88. The Kier molecular flexibility index (Phi) is 5.81. The lowest BCUT2D eigenvalue weighted by atomic mass is 10.0. The van der Waals surface area contributed by atoms with Gasteiger partial charge in [-0.15, -0.1) is 5.10 Å². The first-order valence-corrected chi connectivity index (χ1v) is 10.5. The maximum Gasteiger partial charge on any atom is 0.291 e. The number of hydrogen-bond acceptors (Lipinski definition) is 7. The summed E-state index contributed by atoms with van der Waals surface area (Å²) >= 11 is 1.29. The van der Waals surface area contributed by atoms with E-state index in [4.69, 9.17) is 9.47 Å². The van der Waals surface area contributed by atoms with Gasteiger partial charge in [-0.1, -0.05) is 41.2 Å². The first-order valence-electron chi connectivity index (χ1n) is 9.70. The van der Waals surface area contributed by atoms with Crippen LogP contribution in [0.15, 0.2) is 47.3 Å². The summed E-state index contributed by atoms with van der Waals surface area (Å²) in [4.78, 5) is 30.3. The van der Waals surface area contributed by atoms with Crippen LogP contribution in [0.3, 0.4) is 0 Å². The number of nitrogens with zero attached hydrogens (tertiary/aromatic N) is 3. The van der Waals surface area contributed by atoms with E-state index in [1.807, 2.05) is 37.3 Å². The molecule has 0 fully saturated rings. The van der Waals surface area contributed by atoms with E-state index < -0.39 is 0 Å². The van der Waals surface area contributed by atoms with E-state index in [0.29, 0.717) is 38.8 Å². The van der Waals surface area contributed by atoms with Gasteiger partial charge in [-0.25, -0.2) is 4.98 Å². The van der Waals surface area contributed by atoms with Gasteiger partial charge in [0.25, 0.3) is 5.56 Å². The normalized spacial score (nSPS) is 11.8. The van der Waals surface area contributed by atoms with E-state index in [1.54, 1.807) is 25.3 Å². The van der Waals surface area contributed by atoms with Crippen molar-refractivity contribution in [3.63, 3.8) is 0 Å². The van der Waals surface area contributed by atoms with Crippen molar-refractivity contribution in [1.82, 2.24) is 14.6 Å². The molecule has 0 amide bonds. The number of benzene rings is 2. The maximum absolute atomic E-state index is 12.7. The topological polar surface area (TPSA) is 82.8 Å². The Morgan fingerprint density at radius 3 is 2.58 bits per heavy atom. The van der Waals surface area contributed by atoms with Gasteiger partial charge in [-0.05, 0) is 36.8 Å². The summed E-state index contributed by atoms with van der Waals surface area (Å²) in [6.45, 7) is 2.02. The lowest BCUT2D eigenvalue weighted by Crippen LogP contribution is -2.23. The highest BCUT2D eigenvalue weighted by Crippen LogP contribution is 2.25. The molecule has 0 N–H and O–H groups in total. The fourth-order valence-corrected chi connectivity index (χ4v) is 4.11. The number of methoxy groups -OCH3 is 2. The molecular weight excluding hydrogens is 414 g/mol.